The molecule has 0 atom stereocenters. The monoisotopic (exact) mass is 622 g/mol. The molecule has 0 fully saturated rings. The summed E-state index contributed by atoms with van der Waals surface area (Å²) >= 11 is 3.09. The number of nitro benzene ring substituents is 1. The highest BCUT2D eigenvalue weighted by Gasteiger charge is 2.18. The first-order valence-electron chi connectivity index (χ1n) is 13.2. The Hall–Kier alpha value is -5.74. The van der Waals surface area contributed by atoms with Crippen LogP contribution >= 0.6 is 22.7 Å². The van der Waals surface area contributed by atoms with Gasteiger partial charge in [0.25, 0.3) is 5.69 Å². The van der Waals surface area contributed by atoms with E-state index >= 15 is 0 Å². The molecule has 218 valence electrons. The second-order valence-electron chi connectivity index (χ2n) is 9.56. The van der Waals surface area contributed by atoms with Gasteiger partial charge in [-0.15, -0.1) is 22.7 Å². The number of fused-ring (bicyclic) bond motifs is 2. The van der Waals surface area contributed by atoms with Crippen molar-refractivity contribution in [2.24, 2.45) is 0 Å². The molecule has 0 aliphatic heterocycles. The normalized spacial score (nSPS) is 11.2. The van der Waals surface area contributed by atoms with E-state index in [0.29, 0.717) is 24.3 Å². The van der Waals surface area contributed by atoms with Gasteiger partial charge in [0.2, 0.25) is 0 Å². The van der Waals surface area contributed by atoms with Crippen molar-refractivity contribution in [3.05, 3.63) is 118 Å². The van der Waals surface area contributed by atoms with Gasteiger partial charge in [-0.3, -0.25) is 18.9 Å². The van der Waals surface area contributed by atoms with E-state index in [0.717, 1.165) is 38.3 Å². The Labute approximate surface area is 256 Å². The van der Waals surface area contributed by atoms with Gasteiger partial charge in [0, 0.05) is 40.5 Å². The van der Waals surface area contributed by atoms with E-state index in [-0.39, 0.29) is 10.6 Å². The van der Waals surface area contributed by atoms with Crippen molar-refractivity contribution in [1.29, 1.82) is 0 Å². The molecule has 0 spiro atoms. The molecule has 0 bridgehead atoms. The summed E-state index contributed by atoms with van der Waals surface area (Å²) in [7, 11) is 0. The molecule has 0 aliphatic carbocycles. The molecule has 8 rings (SSSR count). The van der Waals surface area contributed by atoms with Crippen molar-refractivity contribution >= 4 is 44.0 Å². The molecule has 8 aromatic rings. The number of nitrogens with zero attached hydrogens (tertiary/aromatic N) is 11. The number of rotatable bonds is 7. The van der Waals surface area contributed by atoms with E-state index in [1.165, 1.54) is 30.1 Å². The summed E-state index contributed by atoms with van der Waals surface area (Å²) < 4.78 is 7.51. The van der Waals surface area contributed by atoms with Crippen LogP contribution in [0.3, 0.4) is 0 Å². The minimum atomic E-state index is -0.390. The number of nitro groups is 1. The van der Waals surface area contributed by atoms with Crippen molar-refractivity contribution in [2.75, 3.05) is 5.73 Å². The number of hydrogen-bond acceptors (Lipinski definition) is 11. The van der Waals surface area contributed by atoms with Crippen molar-refractivity contribution < 1.29 is 4.92 Å². The lowest BCUT2D eigenvalue weighted by atomic mass is 10.1. The third kappa shape index (κ3) is 5.30. The number of anilines is 1. The van der Waals surface area contributed by atoms with Crippen LogP contribution in [0.5, 0.6) is 0 Å². The second kappa shape index (κ2) is 11.5. The highest BCUT2D eigenvalue weighted by atomic mass is 32.1. The van der Waals surface area contributed by atoms with Crippen molar-refractivity contribution in [2.45, 2.75) is 13.1 Å². The number of benzene rings is 2. The van der Waals surface area contributed by atoms with Crippen LogP contribution in [0, 0.1) is 10.1 Å². The third-order valence-electron chi connectivity index (χ3n) is 6.76. The third-order valence-corrected chi connectivity index (χ3v) is 8.54. The van der Waals surface area contributed by atoms with Crippen LogP contribution in [0.15, 0.2) is 97.0 Å². The van der Waals surface area contributed by atoms with Crippen LogP contribution in [0.25, 0.3) is 32.4 Å². The van der Waals surface area contributed by atoms with Crippen molar-refractivity contribution in [3.63, 3.8) is 0 Å². The van der Waals surface area contributed by atoms with E-state index in [4.69, 9.17) is 5.73 Å². The molecule has 16 heteroatoms. The zero-order chi connectivity index (χ0) is 30.0. The molecular weight excluding hydrogens is 601 g/mol. The van der Waals surface area contributed by atoms with Crippen molar-refractivity contribution in [1.82, 2.24) is 48.3 Å². The molecule has 0 amide bonds. The average Bonchev–Trinajstić information content (AvgIpc) is 3.87. The predicted molar refractivity (Wildman–Crippen MR) is 166 cm³/mol. The summed E-state index contributed by atoms with van der Waals surface area (Å²) in [4.78, 5) is 29.6. The number of nitrogens with two attached hydrogens (primary N) is 1. The van der Waals surface area contributed by atoms with Crippen molar-refractivity contribution in [3.8, 4) is 22.5 Å². The number of nitrogen functional groups attached to an aromatic ring is 1. The standard InChI is InChI=1S/C14H10N6O2S.C14H12N6S/c21-20(22)13-4-2-1-3-11(13)12-6-19-10(7-23-14(19)17-12)5-18-9-15-8-16-18;15-12-4-2-1-3-11(12)13-6-20-10(7-21-14(20)18-13)5-19-9-16-8-17-19/h1-4,6-9H,5H2;1-4,6-9H,5,15H2. The number of aromatic nitrogens is 10. The molecule has 14 nitrogen and oxygen atoms in total. The number of hydrogen-bond donors (Lipinski definition) is 1. The second-order valence-corrected chi connectivity index (χ2v) is 11.2. The Kier molecular flexibility index (Phi) is 7.09. The molecule has 6 aromatic heterocycles. The fraction of sp³-hybridized carbons (Fsp3) is 0.0714. The Morgan fingerprint density at radius 3 is 1.80 bits per heavy atom. The highest BCUT2D eigenvalue weighted by Crippen LogP contribution is 2.31. The van der Waals surface area contributed by atoms with Gasteiger partial charge in [-0.05, 0) is 12.1 Å². The molecule has 0 unspecified atom stereocenters. The lowest BCUT2D eigenvalue weighted by Gasteiger charge is -2.01. The number of imidazole rings is 2. The van der Waals surface area contributed by atoms with Crippen LogP contribution in [0.2, 0.25) is 0 Å². The summed E-state index contributed by atoms with van der Waals surface area (Å²) in [5.41, 5.74) is 11.9. The lowest BCUT2D eigenvalue weighted by molar-refractivity contribution is -0.384. The summed E-state index contributed by atoms with van der Waals surface area (Å²) in [6, 6.07) is 14.4. The maximum absolute atomic E-state index is 11.2. The SMILES string of the molecule is Nc1ccccc1-c1cn2c(Cn3cncn3)csc2n1.O=[N+]([O-])c1ccccc1-c1cn2c(Cn3cncn3)csc2n1. The van der Waals surface area contributed by atoms with Gasteiger partial charge < -0.3 is 5.73 Å². The van der Waals surface area contributed by atoms with Crippen LogP contribution in [0.4, 0.5) is 11.4 Å². The highest BCUT2D eigenvalue weighted by molar-refractivity contribution is 7.15. The smallest absolute Gasteiger partial charge is 0.278 e. The minimum absolute atomic E-state index is 0.0519. The quantitative estimate of drug-likeness (QED) is 0.148. The largest absolute Gasteiger partial charge is 0.398 e. The first-order chi connectivity index (χ1) is 21.5. The van der Waals surface area contributed by atoms with E-state index in [1.807, 2.05) is 46.4 Å². The molecule has 2 N–H and O–H groups in total. The fourth-order valence-electron chi connectivity index (χ4n) is 4.69. The molecular formula is C28H22N12O2S2. The van der Waals surface area contributed by atoms with Gasteiger partial charge in [0.05, 0.1) is 46.4 Å². The fourth-order valence-corrected chi connectivity index (χ4v) is 6.41. The first-order valence-corrected chi connectivity index (χ1v) is 14.9. The Morgan fingerprint density at radius 2 is 1.27 bits per heavy atom. The first kappa shape index (κ1) is 27.1. The van der Waals surface area contributed by atoms with E-state index in [9.17, 15) is 10.1 Å². The van der Waals surface area contributed by atoms with Crippen LogP contribution in [-0.2, 0) is 13.1 Å². The van der Waals surface area contributed by atoms with Gasteiger partial charge in [0.1, 0.15) is 25.3 Å². The molecule has 6 heterocycles. The average molecular weight is 623 g/mol. The summed E-state index contributed by atoms with van der Waals surface area (Å²) in [5.74, 6) is 0. The zero-order valence-corrected chi connectivity index (χ0v) is 24.4. The number of para-hydroxylation sites is 2. The van der Waals surface area contributed by atoms with Crippen LogP contribution in [0.1, 0.15) is 11.4 Å². The molecule has 44 heavy (non-hydrogen) atoms. The van der Waals surface area contributed by atoms with E-state index in [1.54, 1.807) is 51.6 Å². The van der Waals surface area contributed by atoms with E-state index < -0.39 is 0 Å². The van der Waals surface area contributed by atoms with Gasteiger partial charge in [-0.25, -0.2) is 29.3 Å². The molecule has 2 aromatic carbocycles. The lowest BCUT2D eigenvalue weighted by Crippen LogP contribution is -2.02. The van der Waals surface area contributed by atoms with Gasteiger partial charge in [-0.1, -0.05) is 30.3 Å². The van der Waals surface area contributed by atoms with E-state index in [2.05, 4.69) is 39.9 Å². The Morgan fingerprint density at radius 1 is 0.750 bits per heavy atom. The minimum Gasteiger partial charge on any atom is -0.398 e. The summed E-state index contributed by atoms with van der Waals surface area (Å²) in [6.45, 7) is 1.23. The topological polar surface area (TPSA) is 165 Å². The summed E-state index contributed by atoms with van der Waals surface area (Å²) in [6.07, 6.45) is 10.2. The Balaban J connectivity index is 0.000000143. The molecule has 0 saturated carbocycles. The van der Waals surface area contributed by atoms with Crippen LogP contribution in [-0.4, -0.2) is 53.2 Å². The van der Waals surface area contributed by atoms with Gasteiger partial charge >= 0.3 is 0 Å². The maximum Gasteiger partial charge on any atom is 0.278 e. The summed E-state index contributed by atoms with van der Waals surface area (Å²) in [5, 5.41) is 23.5. The number of thiazole rings is 2. The Bertz CT molecular complexity index is 2190. The maximum atomic E-state index is 11.2. The molecule has 0 radical (unpaired) electrons. The predicted octanol–water partition coefficient (Wildman–Crippen LogP) is 4.90. The van der Waals surface area contributed by atoms with Crippen LogP contribution < -0.4 is 5.73 Å². The van der Waals surface area contributed by atoms with Gasteiger partial charge in [0.15, 0.2) is 9.92 Å². The zero-order valence-electron chi connectivity index (χ0n) is 22.8. The van der Waals surface area contributed by atoms with Gasteiger partial charge in [-0.2, -0.15) is 10.2 Å². The molecule has 0 aliphatic rings. The molecule has 0 saturated heterocycles.